The van der Waals surface area contributed by atoms with E-state index in [1.54, 1.807) is 0 Å². The van der Waals surface area contributed by atoms with Gasteiger partial charge in [-0.15, -0.1) is 11.3 Å². The normalized spacial score (nSPS) is 35.2. The lowest BCUT2D eigenvalue weighted by molar-refractivity contribution is 0.173. The summed E-state index contributed by atoms with van der Waals surface area (Å²) in [5.41, 5.74) is 0.194. The van der Waals surface area contributed by atoms with Crippen LogP contribution in [0.3, 0.4) is 0 Å². The van der Waals surface area contributed by atoms with E-state index in [1.807, 2.05) is 17.5 Å². The van der Waals surface area contributed by atoms with Gasteiger partial charge in [0.1, 0.15) is 5.01 Å². The van der Waals surface area contributed by atoms with E-state index in [4.69, 9.17) is 0 Å². The van der Waals surface area contributed by atoms with Crippen molar-refractivity contribution in [3.8, 4) is 0 Å². The topological polar surface area (TPSA) is 24.9 Å². The lowest BCUT2D eigenvalue weighted by Crippen LogP contribution is -2.44. The molecule has 2 nitrogen and oxygen atoms in total. The first-order valence-corrected chi connectivity index (χ1v) is 7.31. The maximum Gasteiger partial charge on any atom is 0.113 e. The zero-order valence-corrected chi connectivity index (χ0v) is 10.7. The van der Waals surface area contributed by atoms with Crippen LogP contribution in [-0.4, -0.2) is 12.0 Å². The molecule has 88 valence electrons. The van der Waals surface area contributed by atoms with Crippen LogP contribution < -0.4 is 5.32 Å². The molecule has 2 atom stereocenters. The van der Waals surface area contributed by atoms with Gasteiger partial charge in [0.2, 0.25) is 0 Å². The molecule has 3 heteroatoms. The smallest absolute Gasteiger partial charge is 0.113 e. The Hall–Kier alpha value is -0.410. The van der Waals surface area contributed by atoms with Gasteiger partial charge in [0.15, 0.2) is 0 Å². The number of aromatic nitrogens is 1. The monoisotopic (exact) mass is 236 g/mol. The molecule has 2 aliphatic rings. The van der Waals surface area contributed by atoms with Gasteiger partial charge in [-0.3, -0.25) is 0 Å². The van der Waals surface area contributed by atoms with Crippen LogP contribution in [-0.2, 0) is 5.54 Å². The van der Waals surface area contributed by atoms with E-state index in [9.17, 15) is 0 Å². The second-order valence-electron chi connectivity index (χ2n) is 5.36. The lowest BCUT2D eigenvalue weighted by Gasteiger charge is -2.39. The summed E-state index contributed by atoms with van der Waals surface area (Å²) in [7, 11) is 2.11. The standard InChI is InChI=1S/C13H20N2S/c1-14-13(12-15-7-8-16-12)6-2-3-11(9-13)10-4-5-10/h7-8,10-11,14H,2-6,9H2,1H3. The van der Waals surface area contributed by atoms with Crippen molar-refractivity contribution in [2.24, 2.45) is 11.8 Å². The van der Waals surface area contributed by atoms with Gasteiger partial charge in [-0.1, -0.05) is 12.8 Å². The summed E-state index contributed by atoms with van der Waals surface area (Å²) in [5.74, 6) is 1.98. The van der Waals surface area contributed by atoms with Crippen LogP contribution in [0.5, 0.6) is 0 Å². The van der Waals surface area contributed by atoms with E-state index in [0.717, 1.165) is 11.8 Å². The van der Waals surface area contributed by atoms with Gasteiger partial charge in [0.25, 0.3) is 0 Å². The van der Waals surface area contributed by atoms with Crippen LogP contribution in [0.2, 0.25) is 0 Å². The third kappa shape index (κ3) is 1.80. The Labute approximate surface area is 101 Å². The number of hydrogen-bond acceptors (Lipinski definition) is 3. The van der Waals surface area contributed by atoms with Crippen molar-refractivity contribution in [1.82, 2.24) is 10.3 Å². The number of rotatable bonds is 3. The van der Waals surface area contributed by atoms with Gasteiger partial charge in [-0.2, -0.15) is 0 Å². The summed E-state index contributed by atoms with van der Waals surface area (Å²) in [6.07, 6.45) is 10.3. The average Bonchev–Trinajstić information content (AvgIpc) is 3.04. The minimum atomic E-state index is 0.194. The first kappa shape index (κ1) is 10.7. The Morgan fingerprint density at radius 3 is 2.88 bits per heavy atom. The highest BCUT2D eigenvalue weighted by molar-refractivity contribution is 7.09. The molecule has 0 amide bonds. The molecule has 0 aromatic carbocycles. The number of thiazole rings is 1. The average molecular weight is 236 g/mol. The molecule has 2 saturated carbocycles. The Balaban J connectivity index is 1.83. The predicted molar refractivity (Wildman–Crippen MR) is 67.5 cm³/mol. The van der Waals surface area contributed by atoms with E-state index in [1.165, 1.54) is 43.5 Å². The minimum absolute atomic E-state index is 0.194. The number of nitrogens with one attached hydrogen (secondary N) is 1. The SMILES string of the molecule is CNC1(c2nccs2)CCCC(C2CC2)C1. The minimum Gasteiger partial charge on any atom is -0.308 e. The van der Waals surface area contributed by atoms with Gasteiger partial charge in [0.05, 0.1) is 5.54 Å². The third-order valence-electron chi connectivity index (χ3n) is 4.40. The third-order valence-corrected chi connectivity index (χ3v) is 5.38. The molecule has 1 aromatic heterocycles. The fourth-order valence-electron chi connectivity index (χ4n) is 3.28. The van der Waals surface area contributed by atoms with Crippen molar-refractivity contribution in [1.29, 1.82) is 0 Å². The molecule has 0 bridgehead atoms. The second-order valence-corrected chi connectivity index (χ2v) is 6.26. The molecule has 3 rings (SSSR count). The van der Waals surface area contributed by atoms with E-state index in [2.05, 4.69) is 22.7 Å². The first-order chi connectivity index (χ1) is 7.84. The van der Waals surface area contributed by atoms with Gasteiger partial charge >= 0.3 is 0 Å². The van der Waals surface area contributed by atoms with Crippen LogP contribution in [0.15, 0.2) is 11.6 Å². The van der Waals surface area contributed by atoms with Gasteiger partial charge < -0.3 is 5.32 Å². The van der Waals surface area contributed by atoms with Crippen LogP contribution in [0, 0.1) is 11.8 Å². The van der Waals surface area contributed by atoms with Crippen molar-refractivity contribution >= 4 is 11.3 Å². The van der Waals surface area contributed by atoms with Crippen LogP contribution in [0.1, 0.15) is 43.5 Å². The number of nitrogens with zero attached hydrogens (tertiary/aromatic N) is 1. The number of hydrogen-bond donors (Lipinski definition) is 1. The quantitative estimate of drug-likeness (QED) is 0.872. The highest BCUT2D eigenvalue weighted by Crippen LogP contribution is 2.49. The molecule has 1 aromatic rings. The van der Waals surface area contributed by atoms with E-state index < -0.39 is 0 Å². The first-order valence-electron chi connectivity index (χ1n) is 6.43. The lowest BCUT2D eigenvalue weighted by atomic mass is 9.74. The van der Waals surface area contributed by atoms with Crippen LogP contribution in [0.4, 0.5) is 0 Å². The van der Waals surface area contributed by atoms with Gasteiger partial charge in [0, 0.05) is 11.6 Å². The summed E-state index contributed by atoms with van der Waals surface area (Å²) < 4.78 is 0. The molecule has 0 radical (unpaired) electrons. The van der Waals surface area contributed by atoms with Crippen molar-refractivity contribution < 1.29 is 0 Å². The Morgan fingerprint density at radius 1 is 1.38 bits per heavy atom. The molecule has 2 unspecified atom stereocenters. The Bertz CT molecular complexity index is 345. The summed E-state index contributed by atoms with van der Waals surface area (Å²) in [4.78, 5) is 4.55. The molecule has 1 heterocycles. The maximum absolute atomic E-state index is 4.55. The fraction of sp³-hybridized carbons (Fsp3) is 0.769. The molecule has 16 heavy (non-hydrogen) atoms. The van der Waals surface area contributed by atoms with Crippen molar-refractivity contribution in [3.05, 3.63) is 16.6 Å². The van der Waals surface area contributed by atoms with E-state index >= 15 is 0 Å². The molecule has 0 aliphatic heterocycles. The molecular weight excluding hydrogens is 216 g/mol. The summed E-state index contributed by atoms with van der Waals surface area (Å²) in [6.45, 7) is 0. The zero-order valence-electron chi connectivity index (χ0n) is 9.91. The molecule has 0 spiro atoms. The zero-order chi connectivity index (χ0) is 11.0. The molecule has 2 aliphatic carbocycles. The largest absolute Gasteiger partial charge is 0.308 e. The van der Waals surface area contributed by atoms with E-state index in [0.29, 0.717) is 0 Å². The van der Waals surface area contributed by atoms with Crippen molar-refractivity contribution in [2.75, 3.05) is 7.05 Å². The van der Waals surface area contributed by atoms with Crippen molar-refractivity contribution in [3.63, 3.8) is 0 Å². The van der Waals surface area contributed by atoms with E-state index in [-0.39, 0.29) is 5.54 Å². The van der Waals surface area contributed by atoms with Gasteiger partial charge in [-0.05, 0) is 44.6 Å². The molecular formula is C13H20N2S. The highest BCUT2D eigenvalue weighted by atomic mass is 32.1. The maximum atomic E-state index is 4.55. The predicted octanol–water partition coefficient (Wildman–Crippen LogP) is 3.16. The van der Waals surface area contributed by atoms with Gasteiger partial charge in [-0.25, -0.2) is 4.98 Å². The molecule has 2 fully saturated rings. The van der Waals surface area contributed by atoms with Crippen molar-refractivity contribution in [2.45, 2.75) is 44.1 Å². The second kappa shape index (κ2) is 4.11. The highest BCUT2D eigenvalue weighted by Gasteiger charge is 2.43. The van der Waals surface area contributed by atoms with Crippen LogP contribution in [0.25, 0.3) is 0 Å². The summed E-state index contributed by atoms with van der Waals surface area (Å²) >= 11 is 1.81. The fourth-order valence-corrected chi connectivity index (χ4v) is 4.16. The molecule has 0 saturated heterocycles. The summed E-state index contributed by atoms with van der Waals surface area (Å²) in [5, 5.41) is 6.99. The van der Waals surface area contributed by atoms with Crippen LogP contribution >= 0.6 is 11.3 Å². The summed E-state index contributed by atoms with van der Waals surface area (Å²) in [6, 6.07) is 0. The Morgan fingerprint density at radius 2 is 2.25 bits per heavy atom. The molecule has 1 N–H and O–H groups in total. The Kier molecular flexibility index (Phi) is 2.76.